The summed E-state index contributed by atoms with van der Waals surface area (Å²) in [7, 11) is 0. The van der Waals surface area contributed by atoms with E-state index >= 15 is 0 Å². The van der Waals surface area contributed by atoms with Gasteiger partial charge in [0.1, 0.15) is 9.53 Å². The molecule has 0 radical (unpaired) electrons. The van der Waals surface area contributed by atoms with Gasteiger partial charge in [-0.1, -0.05) is 0 Å². The molecular weight excluding hydrogens is 309 g/mol. The standard InChI is InChI=1S/C9H12IN3O2/c10-7-5-13(4-3-11-9(14)15)8(12-7)6-1-2-6/h5-6,11H,1-4H2,(H,14,15). The number of nitrogens with one attached hydrogen (secondary N) is 1. The molecule has 82 valence electrons. The van der Waals surface area contributed by atoms with Crippen LogP contribution in [0.2, 0.25) is 0 Å². The van der Waals surface area contributed by atoms with E-state index in [0.717, 1.165) is 9.53 Å². The fourth-order valence-electron chi connectivity index (χ4n) is 1.53. The van der Waals surface area contributed by atoms with Crippen LogP contribution in [-0.4, -0.2) is 27.3 Å². The highest BCUT2D eigenvalue weighted by molar-refractivity contribution is 14.1. The third-order valence-corrected chi connectivity index (χ3v) is 2.87. The van der Waals surface area contributed by atoms with Gasteiger partial charge in [-0.05, 0) is 35.4 Å². The van der Waals surface area contributed by atoms with Crippen molar-refractivity contribution in [2.45, 2.75) is 25.3 Å². The highest BCUT2D eigenvalue weighted by Crippen LogP contribution is 2.39. The molecule has 1 aromatic heterocycles. The molecule has 1 fully saturated rings. The molecule has 1 heterocycles. The molecule has 0 spiro atoms. The molecule has 2 rings (SSSR count). The number of halogens is 1. The van der Waals surface area contributed by atoms with Gasteiger partial charge >= 0.3 is 6.09 Å². The van der Waals surface area contributed by atoms with Crippen molar-refractivity contribution in [2.75, 3.05) is 6.54 Å². The van der Waals surface area contributed by atoms with Crippen molar-refractivity contribution in [3.63, 3.8) is 0 Å². The van der Waals surface area contributed by atoms with Gasteiger partial charge < -0.3 is 15.0 Å². The lowest BCUT2D eigenvalue weighted by molar-refractivity contribution is 0.194. The Morgan fingerprint density at radius 1 is 1.73 bits per heavy atom. The summed E-state index contributed by atoms with van der Waals surface area (Å²) in [6, 6.07) is 0. The lowest BCUT2D eigenvalue weighted by atomic mass is 10.4. The molecule has 0 aromatic carbocycles. The first kappa shape index (κ1) is 10.7. The van der Waals surface area contributed by atoms with Crippen LogP contribution in [0.3, 0.4) is 0 Å². The van der Waals surface area contributed by atoms with E-state index < -0.39 is 6.09 Å². The van der Waals surface area contributed by atoms with Gasteiger partial charge in [0, 0.05) is 25.2 Å². The lowest BCUT2D eigenvalue weighted by Gasteiger charge is -2.06. The van der Waals surface area contributed by atoms with Crippen LogP contribution < -0.4 is 5.32 Å². The van der Waals surface area contributed by atoms with Gasteiger partial charge in [0.05, 0.1) is 0 Å². The van der Waals surface area contributed by atoms with Gasteiger partial charge in [-0.2, -0.15) is 0 Å². The number of carbonyl (C=O) groups is 1. The number of amides is 1. The Kier molecular flexibility index (Phi) is 3.13. The maximum atomic E-state index is 10.3. The Balaban J connectivity index is 1.97. The van der Waals surface area contributed by atoms with E-state index in [1.807, 2.05) is 6.20 Å². The first-order valence-electron chi connectivity index (χ1n) is 4.86. The zero-order chi connectivity index (χ0) is 10.8. The quantitative estimate of drug-likeness (QED) is 0.829. The highest BCUT2D eigenvalue weighted by atomic mass is 127. The largest absolute Gasteiger partial charge is 0.465 e. The Labute approximate surface area is 101 Å². The van der Waals surface area contributed by atoms with E-state index in [-0.39, 0.29) is 0 Å². The number of nitrogens with zero attached hydrogens (tertiary/aromatic N) is 2. The monoisotopic (exact) mass is 321 g/mol. The topological polar surface area (TPSA) is 67.2 Å². The van der Waals surface area contributed by atoms with Crippen molar-refractivity contribution in [1.82, 2.24) is 14.9 Å². The molecular formula is C9H12IN3O2. The molecule has 1 aliphatic carbocycles. The molecule has 0 bridgehead atoms. The van der Waals surface area contributed by atoms with Gasteiger partial charge in [-0.25, -0.2) is 9.78 Å². The smallest absolute Gasteiger partial charge is 0.404 e. The third kappa shape index (κ3) is 2.83. The van der Waals surface area contributed by atoms with Gasteiger partial charge in [0.15, 0.2) is 0 Å². The van der Waals surface area contributed by atoms with Crippen LogP contribution in [0.1, 0.15) is 24.6 Å². The fourth-order valence-corrected chi connectivity index (χ4v) is 2.11. The molecule has 0 saturated heterocycles. The Bertz CT molecular complexity index is 373. The zero-order valence-electron chi connectivity index (χ0n) is 8.11. The Morgan fingerprint density at radius 2 is 2.47 bits per heavy atom. The minimum absolute atomic E-state index is 0.432. The van der Waals surface area contributed by atoms with Crippen LogP contribution in [-0.2, 0) is 6.54 Å². The van der Waals surface area contributed by atoms with Gasteiger partial charge in [-0.15, -0.1) is 0 Å². The highest BCUT2D eigenvalue weighted by Gasteiger charge is 2.28. The summed E-state index contributed by atoms with van der Waals surface area (Å²) >= 11 is 2.18. The Morgan fingerprint density at radius 3 is 3.07 bits per heavy atom. The fraction of sp³-hybridized carbons (Fsp3) is 0.556. The SMILES string of the molecule is O=C(O)NCCn1cc(I)nc1C1CC1. The summed E-state index contributed by atoms with van der Waals surface area (Å²) < 4.78 is 3.03. The van der Waals surface area contributed by atoms with Crippen molar-refractivity contribution in [1.29, 1.82) is 0 Å². The van der Waals surface area contributed by atoms with E-state index in [1.165, 1.54) is 12.8 Å². The van der Waals surface area contributed by atoms with Crippen LogP contribution in [0.5, 0.6) is 0 Å². The molecule has 2 N–H and O–H groups in total. The molecule has 0 unspecified atom stereocenters. The summed E-state index contributed by atoms with van der Waals surface area (Å²) in [4.78, 5) is 14.7. The van der Waals surface area contributed by atoms with E-state index in [9.17, 15) is 4.79 Å². The van der Waals surface area contributed by atoms with Crippen molar-refractivity contribution < 1.29 is 9.90 Å². The van der Waals surface area contributed by atoms with E-state index in [1.54, 1.807) is 0 Å². The van der Waals surface area contributed by atoms with E-state index in [0.29, 0.717) is 19.0 Å². The molecule has 1 aromatic rings. The van der Waals surface area contributed by atoms with Crippen molar-refractivity contribution in [3.8, 4) is 0 Å². The molecule has 1 amide bonds. The minimum Gasteiger partial charge on any atom is -0.465 e. The summed E-state index contributed by atoms with van der Waals surface area (Å²) in [5.41, 5.74) is 0. The van der Waals surface area contributed by atoms with E-state index in [4.69, 9.17) is 5.11 Å². The number of imidazole rings is 1. The molecule has 0 aliphatic heterocycles. The predicted octanol–water partition coefficient (Wildman–Crippen LogP) is 1.63. The van der Waals surface area contributed by atoms with Crippen molar-refractivity contribution >= 4 is 28.7 Å². The van der Waals surface area contributed by atoms with Crippen LogP contribution in [0.25, 0.3) is 0 Å². The van der Waals surface area contributed by atoms with E-state index in [2.05, 4.69) is 37.5 Å². The molecule has 1 saturated carbocycles. The summed E-state index contributed by atoms with van der Waals surface area (Å²) in [6.45, 7) is 1.09. The van der Waals surface area contributed by atoms with Crippen LogP contribution in [0.15, 0.2) is 6.20 Å². The molecule has 1 aliphatic rings. The maximum Gasteiger partial charge on any atom is 0.404 e. The number of carboxylic acid groups (broad SMARTS) is 1. The molecule has 0 atom stereocenters. The summed E-state index contributed by atoms with van der Waals surface area (Å²) in [5.74, 6) is 1.70. The zero-order valence-corrected chi connectivity index (χ0v) is 10.3. The van der Waals surface area contributed by atoms with Crippen LogP contribution in [0, 0.1) is 3.70 Å². The first-order valence-corrected chi connectivity index (χ1v) is 5.94. The molecule has 5 nitrogen and oxygen atoms in total. The predicted molar refractivity (Wildman–Crippen MR) is 62.9 cm³/mol. The van der Waals surface area contributed by atoms with Gasteiger partial charge in [-0.3, -0.25) is 0 Å². The van der Waals surface area contributed by atoms with Gasteiger partial charge in [0.25, 0.3) is 0 Å². The third-order valence-electron chi connectivity index (χ3n) is 2.35. The molecule has 15 heavy (non-hydrogen) atoms. The average Bonchev–Trinajstić information content (AvgIpc) is 2.91. The summed E-state index contributed by atoms with van der Waals surface area (Å²) in [5, 5.41) is 10.8. The average molecular weight is 321 g/mol. The molecule has 6 heteroatoms. The number of hydrogen-bond donors (Lipinski definition) is 2. The van der Waals surface area contributed by atoms with Crippen LogP contribution >= 0.6 is 22.6 Å². The second-order valence-electron chi connectivity index (χ2n) is 3.62. The Hall–Kier alpha value is -0.790. The maximum absolute atomic E-state index is 10.3. The van der Waals surface area contributed by atoms with Gasteiger partial charge in [0.2, 0.25) is 0 Å². The minimum atomic E-state index is -0.974. The van der Waals surface area contributed by atoms with Crippen molar-refractivity contribution in [2.24, 2.45) is 0 Å². The number of hydrogen-bond acceptors (Lipinski definition) is 2. The summed E-state index contributed by atoms with van der Waals surface area (Å²) in [6.07, 6.45) is 3.41. The normalized spacial score (nSPS) is 15.3. The number of aromatic nitrogens is 2. The second kappa shape index (κ2) is 4.38. The second-order valence-corrected chi connectivity index (χ2v) is 4.73. The first-order chi connectivity index (χ1) is 7.16. The van der Waals surface area contributed by atoms with Crippen LogP contribution in [0.4, 0.5) is 4.79 Å². The number of rotatable bonds is 4. The lowest BCUT2D eigenvalue weighted by Crippen LogP contribution is -2.25. The van der Waals surface area contributed by atoms with Crippen molar-refractivity contribution in [3.05, 3.63) is 15.7 Å².